The summed E-state index contributed by atoms with van der Waals surface area (Å²) in [4.78, 5) is 11.8. The van der Waals surface area contributed by atoms with Crippen molar-refractivity contribution >= 4 is 9.84 Å². The van der Waals surface area contributed by atoms with Gasteiger partial charge in [-0.15, -0.1) is 0 Å². The van der Waals surface area contributed by atoms with E-state index in [0.717, 1.165) is 25.7 Å². The molecule has 0 unspecified atom stereocenters. The molecule has 6 heteroatoms. The Kier molecular flexibility index (Phi) is 3.66. The highest BCUT2D eigenvalue weighted by Crippen LogP contribution is 2.27. The first kappa shape index (κ1) is 13.4. The molecule has 5 nitrogen and oxygen atoms in total. The lowest BCUT2D eigenvalue weighted by molar-refractivity contribution is 0.452. The molecule has 0 saturated heterocycles. The Labute approximate surface area is 107 Å². The Hall–Kier alpha value is -1.04. The molecule has 102 valence electrons. The lowest BCUT2D eigenvalue weighted by Crippen LogP contribution is -2.20. The van der Waals surface area contributed by atoms with Gasteiger partial charge in [0.25, 0.3) is 5.56 Å². The summed E-state index contributed by atoms with van der Waals surface area (Å²) >= 11 is 0. The molecule has 0 radical (unpaired) electrons. The van der Waals surface area contributed by atoms with E-state index in [1.807, 2.05) is 0 Å². The second kappa shape index (κ2) is 4.91. The van der Waals surface area contributed by atoms with Gasteiger partial charge in [-0.05, 0) is 26.7 Å². The predicted molar refractivity (Wildman–Crippen MR) is 70.3 cm³/mol. The van der Waals surface area contributed by atoms with Crippen LogP contribution in [0.1, 0.15) is 51.3 Å². The minimum absolute atomic E-state index is 0.0837. The van der Waals surface area contributed by atoms with Crippen molar-refractivity contribution in [3.05, 3.63) is 22.1 Å². The highest BCUT2D eigenvalue weighted by atomic mass is 32.2. The van der Waals surface area contributed by atoms with Gasteiger partial charge in [-0.1, -0.05) is 12.8 Å². The largest absolute Gasteiger partial charge is 0.298 e. The maximum absolute atomic E-state index is 11.8. The van der Waals surface area contributed by atoms with Gasteiger partial charge in [0.05, 0.1) is 22.7 Å². The summed E-state index contributed by atoms with van der Waals surface area (Å²) < 4.78 is 25.2. The maximum Gasteiger partial charge on any atom is 0.267 e. The summed E-state index contributed by atoms with van der Waals surface area (Å²) in [7, 11) is -3.16. The Morgan fingerprint density at radius 1 is 1.39 bits per heavy atom. The number of H-pyrrole nitrogens is 1. The fraction of sp³-hybridized carbons (Fsp3) is 0.750. The van der Waals surface area contributed by atoms with Gasteiger partial charge < -0.3 is 0 Å². The topological polar surface area (TPSA) is 71.9 Å². The smallest absolute Gasteiger partial charge is 0.267 e. The second-order valence-electron chi connectivity index (χ2n) is 5.28. The molecule has 1 aromatic rings. The standard InChI is InChI=1S/C12H20N2O3S/c1-9(2)18(16,17)8-10-7-12(15)14(13-10)11-5-3-4-6-11/h7,9,11,13H,3-6,8H2,1-2H3. The first-order valence-electron chi connectivity index (χ1n) is 6.42. The number of hydrogen-bond acceptors (Lipinski definition) is 3. The van der Waals surface area contributed by atoms with Gasteiger partial charge >= 0.3 is 0 Å². The van der Waals surface area contributed by atoms with Gasteiger partial charge in [-0.3, -0.25) is 9.89 Å². The van der Waals surface area contributed by atoms with E-state index < -0.39 is 15.1 Å². The van der Waals surface area contributed by atoms with Crippen LogP contribution in [-0.4, -0.2) is 23.4 Å². The normalized spacial score (nSPS) is 17.7. The van der Waals surface area contributed by atoms with E-state index in [0.29, 0.717) is 5.69 Å². The van der Waals surface area contributed by atoms with Crippen molar-refractivity contribution in [1.82, 2.24) is 9.78 Å². The fourth-order valence-electron chi connectivity index (χ4n) is 2.35. The number of nitrogens with zero attached hydrogens (tertiary/aromatic N) is 1. The highest BCUT2D eigenvalue weighted by Gasteiger charge is 2.22. The highest BCUT2D eigenvalue weighted by molar-refractivity contribution is 7.91. The summed E-state index contributed by atoms with van der Waals surface area (Å²) in [5.74, 6) is -0.0837. The summed E-state index contributed by atoms with van der Waals surface area (Å²) in [6.45, 7) is 3.31. The molecule has 18 heavy (non-hydrogen) atoms. The van der Waals surface area contributed by atoms with Crippen LogP contribution in [0.4, 0.5) is 0 Å². The number of nitrogens with one attached hydrogen (secondary N) is 1. The van der Waals surface area contributed by atoms with Crippen molar-refractivity contribution in [2.45, 2.75) is 56.6 Å². The van der Waals surface area contributed by atoms with Crippen molar-refractivity contribution < 1.29 is 8.42 Å². The molecule has 1 aliphatic carbocycles. The lowest BCUT2D eigenvalue weighted by atomic mass is 10.3. The zero-order valence-corrected chi connectivity index (χ0v) is 11.7. The first-order valence-corrected chi connectivity index (χ1v) is 8.13. The predicted octanol–water partition coefficient (Wildman–Crippen LogP) is 1.61. The second-order valence-corrected chi connectivity index (χ2v) is 7.84. The molecule has 0 spiro atoms. The lowest BCUT2D eigenvalue weighted by Gasteiger charge is -2.10. The zero-order chi connectivity index (χ0) is 13.3. The molecule has 0 atom stereocenters. The molecule has 1 fully saturated rings. The summed E-state index contributed by atoms with van der Waals surface area (Å²) in [6.07, 6.45) is 4.26. The van der Waals surface area contributed by atoms with E-state index in [9.17, 15) is 13.2 Å². The van der Waals surface area contributed by atoms with E-state index in [2.05, 4.69) is 5.10 Å². The Morgan fingerprint density at radius 2 is 2.00 bits per heavy atom. The van der Waals surface area contributed by atoms with Gasteiger partial charge in [-0.25, -0.2) is 13.1 Å². The molecule has 0 aliphatic heterocycles. The summed E-state index contributed by atoms with van der Waals surface area (Å²) in [5, 5.41) is 2.54. The minimum Gasteiger partial charge on any atom is -0.298 e. The maximum atomic E-state index is 11.8. The molecule has 1 aromatic heterocycles. The van der Waals surface area contributed by atoms with E-state index in [-0.39, 0.29) is 17.4 Å². The van der Waals surface area contributed by atoms with Gasteiger partial charge in [0.15, 0.2) is 9.84 Å². The number of rotatable bonds is 4. The molecule has 1 aliphatic rings. The van der Waals surface area contributed by atoms with Crippen molar-refractivity contribution in [2.75, 3.05) is 0 Å². The molecular formula is C12H20N2O3S. The van der Waals surface area contributed by atoms with Gasteiger partial charge in [0.2, 0.25) is 0 Å². The SMILES string of the molecule is CC(C)S(=O)(=O)Cc1cc(=O)n(C2CCCC2)[nH]1. The number of hydrogen-bond donors (Lipinski definition) is 1. The quantitative estimate of drug-likeness (QED) is 0.905. The number of aromatic amines is 1. The van der Waals surface area contributed by atoms with Crippen LogP contribution < -0.4 is 5.56 Å². The van der Waals surface area contributed by atoms with E-state index in [4.69, 9.17) is 0 Å². The molecule has 1 N–H and O–H groups in total. The van der Waals surface area contributed by atoms with Crippen LogP contribution in [0, 0.1) is 0 Å². The van der Waals surface area contributed by atoms with E-state index >= 15 is 0 Å². The molecular weight excluding hydrogens is 252 g/mol. The fourth-order valence-corrected chi connectivity index (χ4v) is 3.27. The summed E-state index contributed by atoms with van der Waals surface area (Å²) in [6, 6.07) is 1.63. The van der Waals surface area contributed by atoms with Crippen LogP contribution in [0.5, 0.6) is 0 Å². The van der Waals surface area contributed by atoms with Crippen LogP contribution >= 0.6 is 0 Å². The van der Waals surface area contributed by atoms with Crippen LogP contribution in [-0.2, 0) is 15.6 Å². The average Bonchev–Trinajstić information content (AvgIpc) is 2.86. The van der Waals surface area contributed by atoms with Gasteiger partial charge in [0.1, 0.15) is 0 Å². The number of sulfone groups is 1. The molecule has 1 saturated carbocycles. The molecule has 2 rings (SSSR count). The van der Waals surface area contributed by atoms with Crippen LogP contribution in [0.25, 0.3) is 0 Å². The Morgan fingerprint density at radius 3 is 2.56 bits per heavy atom. The van der Waals surface area contributed by atoms with Crippen LogP contribution in [0.15, 0.2) is 10.9 Å². The third-order valence-corrected chi connectivity index (χ3v) is 5.71. The number of aromatic nitrogens is 2. The molecule has 0 bridgehead atoms. The third kappa shape index (κ3) is 2.68. The minimum atomic E-state index is -3.16. The van der Waals surface area contributed by atoms with Crippen LogP contribution in [0.2, 0.25) is 0 Å². The van der Waals surface area contributed by atoms with Gasteiger partial charge in [-0.2, -0.15) is 0 Å². The van der Waals surface area contributed by atoms with Gasteiger partial charge in [0, 0.05) is 6.07 Å². The molecule has 0 amide bonds. The van der Waals surface area contributed by atoms with Crippen molar-refractivity contribution in [1.29, 1.82) is 0 Å². The van der Waals surface area contributed by atoms with Crippen molar-refractivity contribution in [3.8, 4) is 0 Å². The third-order valence-electron chi connectivity index (χ3n) is 3.56. The van der Waals surface area contributed by atoms with E-state index in [1.54, 1.807) is 18.5 Å². The van der Waals surface area contributed by atoms with Crippen molar-refractivity contribution in [3.63, 3.8) is 0 Å². The molecule has 0 aromatic carbocycles. The average molecular weight is 272 g/mol. The first-order chi connectivity index (χ1) is 8.40. The monoisotopic (exact) mass is 272 g/mol. The van der Waals surface area contributed by atoms with Crippen molar-refractivity contribution in [2.24, 2.45) is 0 Å². The Bertz CT molecular complexity index is 562. The Balaban J connectivity index is 2.21. The van der Waals surface area contributed by atoms with E-state index in [1.165, 1.54) is 6.07 Å². The van der Waals surface area contributed by atoms with Crippen LogP contribution in [0.3, 0.4) is 0 Å². The molecule has 1 heterocycles. The zero-order valence-electron chi connectivity index (χ0n) is 10.8. The summed E-state index contributed by atoms with van der Waals surface area (Å²) in [5.41, 5.74) is 0.386.